The molecule has 0 saturated heterocycles. The Morgan fingerprint density at radius 1 is 1.16 bits per heavy atom. The molecule has 3 aliphatic rings. The molecule has 0 aromatic rings. The first-order valence-corrected chi connectivity index (χ1v) is 9.58. The fourth-order valence-corrected chi connectivity index (χ4v) is 6.36. The van der Waals surface area contributed by atoms with Gasteiger partial charge in [-0.2, -0.15) is 0 Å². The Morgan fingerprint density at radius 2 is 1.84 bits per heavy atom. The molecule has 144 valence electrons. The van der Waals surface area contributed by atoms with Crippen molar-refractivity contribution in [3.05, 3.63) is 11.6 Å². The third-order valence-electron chi connectivity index (χ3n) is 7.82. The van der Waals surface area contributed by atoms with Crippen LogP contribution < -0.4 is 0 Å². The van der Waals surface area contributed by atoms with E-state index in [1.165, 1.54) is 0 Å². The zero-order valence-electron chi connectivity index (χ0n) is 15.6. The van der Waals surface area contributed by atoms with Crippen LogP contribution in [-0.4, -0.2) is 57.1 Å². The van der Waals surface area contributed by atoms with Crippen molar-refractivity contribution in [2.24, 2.45) is 28.1 Å². The van der Waals surface area contributed by atoms with Crippen LogP contribution in [0.2, 0.25) is 0 Å². The number of fused-ring (bicyclic) bond motifs is 3. The lowest BCUT2D eigenvalue weighted by molar-refractivity contribution is -0.150. The summed E-state index contributed by atoms with van der Waals surface area (Å²) in [4.78, 5) is 0. The van der Waals surface area contributed by atoms with Gasteiger partial charge in [-0.05, 0) is 60.3 Å². The van der Waals surface area contributed by atoms with Gasteiger partial charge in [0.2, 0.25) is 0 Å². The van der Waals surface area contributed by atoms with Gasteiger partial charge >= 0.3 is 0 Å². The minimum absolute atomic E-state index is 0.0176. The maximum atomic E-state index is 10.9. The van der Waals surface area contributed by atoms with Crippen molar-refractivity contribution in [3.63, 3.8) is 0 Å². The van der Waals surface area contributed by atoms with Gasteiger partial charge in [-0.3, -0.25) is 0 Å². The van der Waals surface area contributed by atoms with E-state index in [9.17, 15) is 25.5 Å². The van der Waals surface area contributed by atoms with E-state index in [4.69, 9.17) is 0 Å². The Morgan fingerprint density at radius 3 is 2.44 bits per heavy atom. The molecule has 3 aliphatic carbocycles. The Bertz CT molecular complexity index is 548. The van der Waals surface area contributed by atoms with E-state index in [0.717, 1.165) is 18.4 Å². The van der Waals surface area contributed by atoms with Crippen LogP contribution in [0.5, 0.6) is 0 Å². The first-order chi connectivity index (χ1) is 11.6. The molecule has 25 heavy (non-hydrogen) atoms. The Hall–Kier alpha value is -0.460. The van der Waals surface area contributed by atoms with Gasteiger partial charge in [-0.15, -0.1) is 0 Å². The fraction of sp³-hybridized carbons (Fsp3) is 0.900. The first kappa shape index (κ1) is 19.3. The SMILES string of the molecule is C[C@@]1(CO)C[C@@H](O)C[C@@]2(C)[C@@H]3CC[C@](C)([C@@H](O)CO)C=C3[C@@H](O)C[C@H]12. The van der Waals surface area contributed by atoms with Crippen molar-refractivity contribution in [3.8, 4) is 0 Å². The highest BCUT2D eigenvalue weighted by molar-refractivity contribution is 5.28. The zero-order chi connectivity index (χ0) is 18.6. The highest BCUT2D eigenvalue weighted by Gasteiger charge is 2.59. The summed E-state index contributed by atoms with van der Waals surface area (Å²) in [6.45, 7) is 5.89. The third kappa shape index (κ3) is 2.88. The van der Waals surface area contributed by atoms with Crippen LogP contribution in [0.1, 0.15) is 52.9 Å². The van der Waals surface area contributed by atoms with Crippen LogP contribution in [0.3, 0.4) is 0 Å². The highest BCUT2D eigenvalue weighted by Crippen LogP contribution is 2.63. The van der Waals surface area contributed by atoms with E-state index < -0.39 is 23.7 Å². The van der Waals surface area contributed by atoms with Crippen LogP contribution in [0.4, 0.5) is 0 Å². The highest BCUT2D eigenvalue weighted by atomic mass is 16.3. The number of aliphatic hydroxyl groups is 5. The van der Waals surface area contributed by atoms with Gasteiger partial charge in [-0.1, -0.05) is 26.8 Å². The predicted octanol–water partition coefficient (Wildman–Crippen LogP) is 1.22. The Labute approximate surface area is 150 Å². The number of hydrogen-bond acceptors (Lipinski definition) is 5. The normalized spacial score (nSPS) is 51.3. The average Bonchev–Trinajstić information content (AvgIpc) is 2.56. The average molecular weight is 354 g/mol. The second kappa shape index (κ2) is 6.31. The summed E-state index contributed by atoms with van der Waals surface area (Å²) in [5.74, 6) is 0.290. The second-order valence-corrected chi connectivity index (χ2v) is 9.62. The minimum atomic E-state index is -0.835. The molecule has 3 rings (SSSR count). The Balaban J connectivity index is 2.02. The minimum Gasteiger partial charge on any atom is -0.396 e. The summed E-state index contributed by atoms with van der Waals surface area (Å²) in [5, 5.41) is 51.0. The van der Waals surface area contributed by atoms with E-state index in [-0.39, 0.29) is 35.9 Å². The van der Waals surface area contributed by atoms with Crippen molar-refractivity contribution < 1.29 is 25.5 Å². The maximum absolute atomic E-state index is 10.9. The molecule has 5 nitrogen and oxygen atoms in total. The molecule has 2 saturated carbocycles. The van der Waals surface area contributed by atoms with Crippen LogP contribution in [0.15, 0.2) is 11.6 Å². The van der Waals surface area contributed by atoms with Crippen LogP contribution >= 0.6 is 0 Å². The molecule has 0 aliphatic heterocycles. The molecule has 0 amide bonds. The van der Waals surface area contributed by atoms with Crippen molar-refractivity contribution in [1.29, 1.82) is 0 Å². The Kier molecular flexibility index (Phi) is 4.87. The van der Waals surface area contributed by atoms with Gasteiger partial charge in [0.1, 0.15) is 0 Å². The molecule has 8 atom stereocenters. The van der Waals surface area contributed by atoms with E-state index in [1.54, 1.807) is 0 Å². The van der Waals surface area contributed by atoms with E-state index >= 15 is 0 Å². The van der Waals surface area contributed by atoms with Gasteiger partial charge in [0.25, 0.3) is 0 Å². The fourth-order valence-electron chi connectivity index (χ4n) is 6.36. The molecule has 5 heteroatoms. The zero-order valence-corrected chi connectivity index (χ0v) is 15.6. The topological polar surface area (TPSA) is 101 Å². The lowest BCUT2D eigenvalue weighted by Crippen LogP contribution is -2.59. The van der Waals surface area contributed by atoms with Crippen LogP contribution in [0, 0.1) is 28.1 Å². The molecular formula is C20H34O5. The predicted molar refractivity (Wildman–Crippen MR) is 94.7 cm³/mol. The number of aliphatic hydroxyl groups excluding tert-OH is 5. The summed E-state index contributed by atoms with van der Waals surface area (Å²) in [6.07, 6.45) is 3.52. The number of rotatable bonds is 3. The van der Waals surface area contributed by atoms with Gasteiger partial charge < -0.3 is 25.5 Å². The van der Waals surface area contributed by atoms with E-state index in [2.05, 4.69) is 6.92 Å². The van der Waals surface area contributed by atoms with Crippen LogP contribution in [-0.2, 0) is 0 Å². The van der Waals surface area contributed by atoms with E-state index in [0.29, 0.717) is 19.3 Å². The lowest BCUT2D eigenvalue weighted by atomic mass is 9.44. The molecule has 0 heterocycles. The largest absolute Gasteiger partial charge is 0.396 e. The third-order valence-corrected chi connectivity index (χ3v) is 7.82. The van der Waals surface area contributed by atoms with Crippen molar-refractivity contribution in [1.82, 2.24) is 0 Å². The van der Waals surface area contributed by atoms with Crippen molar-refractivity contribution in [2.75, 3.05) is 13.2 Å². The van der Waals surface area contributed by atoms with Crippen molar-refractivity contribution >= 4 is 0 Å². The molecule has 0 spiro atoms. The maximum Gasteiger partial charge on any atom is 0.0858 e. The van der Waals surface area contributed by atoms with Gasteiger partial charge in [0.15, 0.2) is 0 Å². The van der Waals surface area contributed by atoms with E-state index in [1.807, 2.05) is 19.9 Å². The monoisotopic (exact) mass is 354 g/mol. The second-order valence-electron chi connectivity index (χ2n) is 9.62. The summed E-state index contributed by atoms with van der Waals surface area (Å²) < 4.78 is 0. The summed E-state index contributed by atoms with van der Waals surface area (Å²) >= 11 is 0. The molecule has 0 unspecified atom stereocenters. The van der Waals surface area contributed by atoms with Gasteiger partial charge in [0.05, 0.1) is 24.9 Å². The molecule has 0 bridgehead atoms. The molecule has 2 fully saturated rings. The van der Waals surface area contributed by atoms with Crippen molar-refractivity contribution in [2.45, 2.75) is 71.2 Å². The first-order valence-electron chi connectivity index (χ1n) is 9.58. The molecule has 0 radical (unpaired) electrons. The summed E-state index contributed by atoms with van der Waals surface area (Å²) in [7, 11) is 0. The quantitative estimate of drug-likeness (QED) is 0.491. The molecule has 0 aromatic heterocycles. The smallest absolute Gasteiger partial charge is 0.0858 e. The van der Waals surface area contributed by atoms with Crippen LogP contribution in [0.25, 0.3) is 0 Å². The number of hydrogen-bond donors (Lipinski definition) is 5. The summed E-state index contributed by atoms with van der Waals surface area (Å²) in [5.41, 5.74) is -0.136. The lowest BCUT2D eigenvalue weighted by Gasteiger charge is -2.62. The molecule has 0 aromatic carbocycles. The molecule has 5 N–H and O–H groups in total. The standard InChI is InChI=1S/C20H34O5/c1-18(17(25)10-21)5-4-14-13(9-18)15(24)6-16-19(2,11-22)7-12(23)8-20(14,16)3/h9,12,14-17,21-25H,4-8,10-11H2,1-3H3/t12-,14-,15+,16-,17+,18+,19+,20+/m1/s1. The molecular weight excluding hydrogens is 320 g/mol. The van der Waals surface area contributed by atoms with Gasteiger partial charge in [-0.25, -0.2) is 0 Å². The summed E-state index contributed by atoms with van der Waals surface area (Å²) in [6, 6.07) is 0. The van der Waals surface area contributed by atoms with Gasteiger partial charge in [0, 0.05) is 12.0 Å².